The van der Waals surface area contributed by atoms with Crippen LogP contribution in [0.5, 0.6) is 0 Å². The highest BCUT2D eigenvalue weighted by atomic mass is 16.3. The van der Waals surface area contributed by atoms with Gasteiger partial charge in [-0.05, 0) is 107 Å². The molecule has 2 nitrogen and oxygen atoms in total. The van der Waals surface area contributed by atoms with Crippen LogP contribution in [0.2, 0.25) is 0 Å². The zero-order valence-electron chi connectivity index (χ0n) is 29.6. The second-order valence-electron chi connectivity index (χ2n) is 13.3. The molecule has 0 N–H and O–H groups in total. The van der Waals surface area contributed by atoms with E-state index in [1.807, 2.05) is 6.08 Å². The fourth-order valence-electron chi connectivity index (χ4n) is 7.84. The van der Waals surface area contributed by atoms with Crippen LogP contribution in [-0.2, 0) is 12.8 Å². The summed E-state index contributed by atoms with van der Waals surface area (Å²) in [4.78, 5) is 4.55. The number of para-hydroxylation sites is 1. The molecule has 0 saturated heterocycles. The van der Waals surface area contributed by atoms with Gasteiger partial charge in [0.05, 0.1) is 5.69 Å². The summed E-state index contributed by atoms with van der Waals surface area (Å²) in [6.07, 6.45) is 10.4. The lowest BCUT2D eigenvalue weighted by Crippen LogP contribution is -1.92. The van der Waals surface area contributed by atoms with E-state index in [1.54, 1.807) is 0 Å². The fraction of sp³-hybridized carbons (Fsp3) is 0.188. The van der Waals surface area contributed by atoms with Crippen molar-refractivity contribution in [3.8, 4) is 44.5 Å². The molecule has 6 aromatic rings. The van der Waals surface area contributed by atoms with Gasteiger partial charge in [0, 0.05) is 22.1 Å². The number of hydrogen-bond donors (Lipinski definition) is 0. The van der Waals surface area contributed by atoms with Gasteiger partial charge >= 0.3 is 0 Å². The maximum absolute atomic E-state index is 6.34. The molecule has 1 aliphatic carbocycles. The van der Waals surface area contributed by atoms with Crippen LogP contribution in [0.4, 0.5) is 5.69 Å². The van der Waals surface area contributed by atoms with Gasteiger partial charge in [-0.2, -0.15) is 0 Å². The van der Waals surface area contributed by atoms with Crippen molar-refractivity contribution < 1.29 is 4.42 Å². The van der Waals surface area contributed by atoms with Crippen LogP contribution in [-0.4, -0.2) is 6.72 Å². The van der Waals surface area contributed by atoms with E-state index in [9.17, 15) is 0 Å². The van der Waals surface area contributed by atoms with Gasteiger partial charge in [0.2, 0.25) is 0 Å². The van der Waals surface area contributed by atoms with E-state index < -0.39 is 0 Å². The quantitative estimate of drug-likeness (QED) is 0.121. The topological polar surface area (TPSA) is 25.5 Å². The first kappa shape index (κ1) is 33.0. The average molecular weight is 652 g/mol. The number of furan rings is 1. The molecule has 0 amide bonds. The number of rotatable bonds is 12. The maximum Gasteiger partial charge on any atom is 0.142 e. The van der Waals surface area contributed by atoms with Crippen LogP contribution in [0.15, 0.2) is 131 Å². The molecule has 0 spiro atoms. The Labute approximate surface area is 297 Å². The third-order valence-corrected chi connectivity index (χ3v) is 10.4. The lowest BCUT2D eigenvalue weighted by atomic mass is 9.90. The first-order valence-corrected chi connectivity index (χ1v) is 18.0. The van der Waals surface area contributed by atoms with E-state index in [4.69, 9.17) is 4.42 Å². The molecule has 0 bridgehead atoms. The normalized spacial score (nSPS) is 12.4. The lowest BCUT2D eigenvalue weighted by molar-refractivity contribution is 0.598. The molecule has 1 heterocycles. The Hall–Kier alpha value is -5.47. The Bertz CT molecular complexity index is 2270. The SMILES string of the molecule is C=CC1=C(CCCC)c2cccc(-c3ccc(-c4ccc(-c5ccc(-c6cccc7c(CCC)c(C=C)oc67)cc5)c(N=C)c4C)cc3)c2C1. The van der Waals surface area contributed by atoms with E-state index in [1.165, 1.54) is 68.3 Å². The molecular weight excluding hydrogens is 607 g/mol. The van der Waals surface area contributed by atoms with Crippen molar-refractivity contribution in [3.63, 3.8) is 0 Å². The van der Waals surface area contributed by atoms with E-state index in [0.29, 0.717) is 0 Å². The fourth-order valence-corrected chi connectivity index (χ4v) is 7.84. The Balaban J connectivity index is 1.18. The molecule has 1 aromatic heterocycles. The summed E-state index contributed by atoms with van der Waals surface area (Å²) in [5, 5.41) is 1.17. The molecule has 2 heteroatoms. The van der Waals surface area contributed by atoms with E-state index in [-0.39, 0.29) is 0 Å². The number of nitrogens with zero attached hydrogens (tertiary/aromatic N) is 1. The summed E-state index contributed by atoms with van der Waals surface area (Å²) >= 11 is 0. The van der Waals surface area contributed by atoms with Crippen molar-refractivity contribution >= 4 is 35.0 Å². The second-order valence-corrected chi connectivity index (χ2v) is 13.3. The van der Waals surface area contributed by atoms with Gasteiger partial charge in [-0.25, -0.2) is 0 Å². The van der Waals surface area contributed by atoms with Gasteiger partial charge in [-0.1, -0.05) is 143 Å². The molecule has 0 fully saturated rings. The predicted molar refractivity (Wildman–Crippen MR) is 216 cm³/mol. The molecule has 0 atom stereocenters. The van der Waals surface area contributed by atoms with Crippen molar-refractivity contribution in [3.05, 3.63) is 150 Å². The van der Waals surface area contributed by atoms with Crippen LogP contribution >= 0.6 is 0 Å². The average Bonchev–Trinajstić information content (AvgIpc) is 3.71. The van der Waals surface area contributed by atoms with Crippen molar-refractivity contribution in [1.29, 1.82) is 0 Å². The molecule has 248 valence electrons. The monoisotopic (exact) mass is 651 g/mol. The van der Waals surface area contributed by atoms with E-state index >= 15 is 0 Å². The number of unbranched alkanes of at least 4 members (excludes halogenated alkanes) is 1. The van der Waals surface area contributed by atoms with Crippen LogP contribution < -0.4 is 0 Å². The van der Waals surface area contributed by atoms with Gasteiger partial charge in [-0.15, -0.1) is 0 Å². The lowest BCUT2D eigenvalue weighted by Gasteiger charge is -2.15. The van der Waals surface area contributed by atoms with Gasteiger partial charge in [0.15, 0.2) is 0 Å². The van der Waals surface area contributed by atoms with Gasteiger partial charge < -0.3 is 4.42 Å². The smallest absolute Gasteiger partial charge is 0.142 e. The highest BCUT2D eigenvalue weighted by Crippen LogP contribution is 2.43. The van der Waals surface area contributed by atoms with Crippen LogP contribution in [0.25, 0.3) is 67.1 Å². The third-order valence-electron chi connectivity index (χ3n) is 10.4. The number of allylic oxidation sites excluding steroid dienone is 3. The minimum absolute atomic E-state index is 0.872. The molecular formula is C48H45NO. The zero-order chi connectivity index (χ0) is 34.8. The Kier molecular flexibility index (Phi) is 9.37. The number of benzene rings is 5. The minimum atomic E-state index is 0.872. The van der Waals surface area contributed by atoms with E-state index in [2.05, 4.69) is 149 Å². The van der Waals surface area contributed by atoms with Crippen molar-refractivity contribution in [2.24, 2.45) is 4.99 Å². The standard InChI is InChI=1S/C48H45NO/c1-7-11-15-38-32(9-3)30-45-39(16-12-18-42(38)45)34-22-20-33(21-23-34)37-28-29-40(47(49-6)31(37)5)35-24-26-36(27-25-35)41-17-13-19-44-43(14-8-2)46(10-4)50-48(41)44/h9-10,12-13,16-29H,3-4,6-8,11,14-15,30H2,1-2,5H3. The summed E-state index contributed by atoms with van der Waals surface area (Å²) < 4.78 is 6.34. The van der Waals surface area contributed by atoms with Gasteiger partial charge in [-0.3, -0.25) is 4.99 Å². The van der Waals surface area contributed by atoms with Crippen molar-refractivity contribution in [2.75, 3.05) is 0 Å². The maximum atomic E-state index is 6.34. The number of hydrogen-bond acceptors (Lipinski definition) is 2. The van der Waals surface area contributed by atoms with Gasteiger partial charge in [0.25, 0.3) is 0 Å². The number of aliphatic imine (C=N–C) groups is 1. The highest BCUT2D eigenvalue weighted by Gasteiger charge is 2.23. The first-order valence-electron chi connectivity index (χ1n) is 18.0. The molecule has 0 unspecified atom stereocenters. The highest BCUT2D eigenvalue weighted by molar-refractivity contribution is 5.97. The van der Waals surface area contributed by atoms with Crippen LogP contribution in [0.3, 0.4) is 0 Å². The summed E-state index contributed by atoms with van der Waals surface area (Å²) in [5.41, 5.74) is 19.2. The van der Waals surface area contributed by atoms with Crippen molar-refractivity contribution in [2.45, 2.75) is 59.3 Å². The summed E-state index contributed by atoms with van der Waals surface area (Å²) in [6, 6.07) is 35.3. The zero-order valence-corrected chi connectivity index (χ0v) is 29.6. The van der Waals surface area contributed by atoms with Crippen LogP contribution in [0.1, 0.15) is 67.5 Å². The second kappa shape index (κ2) is 14.2. The Morgan fingerprint density at radius 1 is 0.660 bits per heavy atom. The predicted octanol–water partition coefficient (Wildman–Crippen LogP) is 14.0. The minimum Gasteiger partial charge on any atom is -0.456 e. The molecule has 1 aliphatic rings. The van der Waals surface area contributed by atoms with Crippen LogP contribution in [0, 0.1) is 6.92 Å². The first-order chi connectivity index (χ1) is 24.5. The van der Waals surface area contributed by atoms with E-state index in [0.717, 1.165) is 70.5 Å². The molecule has 0 radical (unpaired) electrons. The largest absolute Gasteiger partial charge is 0.456 e. The summed E-state index contributed by atoms with van der Waals surface area (Å²) in [7, 11) is 0. The molecule has 0 aliphatic heterocycles. The summed E-state index contributed by atoms with van der Waals surface area (Å²) in [5.74, 6) is 0.872. The van der Waals surface area contributed by atoms with Crippen molar-refractivity contribution in [1.82, 2.24) is 0 Å². The molecule has 50 heavy (non-hydrogen) atoms. The van der Waals surface area contributed by atoms with Gasteiger partial charge in [0.1, 0.15) is 11.3 Å². The molecule has 5 aromatic carbocycles. The molecule has 0 saturated carbocycles. The number of aryl methyl sites for hydroxylation is 1. The third kappa shape index (κ3) is 5.79. The Morgan fingerprint density at radius 2 is 1.26 bits per heavy atom. The Morgan fingerprint density at radius 3 is 1.90 bits per heavy atom. The molecule has 7 rings (SSSR count). The number of fused-ring (bicyclic) bond motifs is 2. The summed E-state index contributed by atoms with van der Waals surface area (Å²) in [6.45, 7) is 18.7.